The van der Waals surface area contributed by atoms with Gasteiger partial charge in [0.1, 0.15) is 5.60 Å². The normalized spacial score (nSPS) is 10.9. The SMILES string of the molecule is CC(C)(C)OC(=O)NCCCCC(=N)N. The molecule has 4 N–H and O–H groups in total. The van der Waals surface area contributed by atoms with Crippen LogP contribution in [0.15, 0.2) is 0 Å². The van der Waals surface area contributed by atoms with Crippen LogP contribution in [-0.2, 0) is 4.74 Å². The molecule has 0 rings (SSSR count). The van der Waals surface area contributed by atoms with E-state index in [1.165, 1.54) is 0 Å². The Labute approximate surface area is 90.9 Å². The number of alkyl carbamates (subject to hydrolysis) is 1. The van der Waals surface area contributed by atoms with E-state index in [0.717, 1.165) is 12.8 Å². The Morgan fingerprint density at radius 2 is 2.00 bits per heavy atom. The summed E-state index contributed by atoms with van der Waals surface area (Å²) in [5.74, 6) is 0.187. The molecule has 88 valence electrons. The molecule has 5 nitrogen and oxygen atoms in total. The summed E-state index contributed by atoms with van der Waals surface area (Å²) in [7, 11) is 0. The van der Waals surface area contributed by atoms with Gasteiger partial charge in [0.2, 0.25) is 0 Å². The minimum absolute atomic E-state index is 0.187. The van der Waals surface area contributed by atoms with E-state index in [9.17, 15) is 4.79 Å². The molecule has 0 aliphatic heterocycles. The zero-order valence-electron chi connectivity index (χ0n) is 9.72. The van der Waals surface area contributed by atoms with Crippen molar-refractivity contribution >= 4 is 11.9 Å². The number of nitrogens with two attached hydrogens (primary N) is 1. The molecule has 0 aliphatic rings. The zero-order valence-corrected chi connectivity index (χ0v) is 9.72. The van der Waals surface area contributed by atoms with E-state index in [1.807, 2.05) is 20.8 Å². The average molecular weight is 215 g/mol. The van der Waals surface area contributed by atoms with Crippen LogP contribution in [0.1, 0.15) is 40.0 Å². The third kappa shape index (κ3) is 10.7. The zero-order chi connectivity index (χ0) is 11.9. The lowest BCUT2D eigenvalue weighted by Crippen LogP contribution is -2.33. The van der Waals surface area contributed by atoms with Crippen molar-refractivity contribution in [1.82, 2.24) is 5.32 Å². The summed E-state index contributed by atoms with van der Waals surface area (Å²) in [4.78, 5) is 11.2. The summed E-state index contributed by atoms with van der Waals surface area (Å²) in [6, 6.07) is 0. The van der Waals surface area contributed by atoms with Crippen molar-refractivity contribution in [3.8, 4) is 0 Å². The van der Waals surface area contributed by atoms with Gasteiger partial charge in [0.05, 0.1) is 5.84 Å². The van der Waals surface area contributed by atoms with Crippen LogP contribution in [0.5, 0.6) is 0 Å². The van der Waals surface area contributed by atoms with E-state index in [0.29, 0.717) is 13.0 Å². The van der Waals surface area contributed by atoms with E-state index in [4.69, 9.17) is 15.9 Å². The number of rotatable bonds is 5. The van der Waals surface area contributed by atoms with Gasteiger partial charge in [0.15, 0.2) is 0 Å². The summed E-state index contributed by atoms with van der Waals surface area (Å²) in [6.45, 7) is 6.02. The average Bonchev–Trinajstić information content (AvgIpc) is 1.99. The first-order valence-corrected chi connectivity index (χ1v) is 5.11. The Bertz CT molecular complexity index is 221. The summed E-state index contributed by atoms with van der Waals surface area (Å²) in [6.07, 6.45) is 1.80. The number of amidine groups is 1. The Hall–Kier alpha value is -1.26. The maximum absolute atomic E-state index is 11.2. The number of nitrogens with one attached hydrogen (secondary N) is 2. The molecule has 0 saturated heterocycles. The maximum Gasteiger partial charge on any atom is 0.407 e. The smallest absolute Gasteiger partial charge is 0.407 e. The van der Waals surface area contributed by atoms with E-state index < -0.39 is 11.7 Å². The monoisotopic (exact) mass is 215 g/mol. The number of hydrogen-bond acceptors (Lipinski definition) is 3. The predicted octanol–water partition coefficient (Wildman–Crippen LogP) is 1.62. The first-order chi connectivity index (χ1) is 6.81. The third-order valence-corrected chi connectivity index (χ3v) is 1.54. The highest BCUT2D eigenvalue weighted by Gasteiger charge is 2.15. The molecule has 0 atom stereocenters. The quantitative estimate of drug-likeness (QED) is 0.370. The molecular weight excluding hydrogens is 194 g/mol. The van der Waals surface area contributed by atoms with E-state index in [-0.39, 0.29) is 5.84 Å². The highest BCUT2D eigenvalue weighted by molar-refractivity contribution is 5.76. The van der Waals surface area contributed by atoms with Crippen LogP contribution in [0.25, 0.3) is 0 Å². The minimum Gasteiger partial charge on any atom is -0.444 e. The Morgan fingerprint density at radius 3 is 2.47 bits per heavy atom. The minimum atomic E-state index is -0.455. The van der Waals surface area contributed by atoms with Crippen molar-refractivity contribution in [1.29, 1.82) is 5.41 Å². The van der Waals surface area contributed by atoms with Gasteiger partial charge in [0.25, 0.3) is 0 Å². The predicted molar refractivity (Wildman–Crippen MR) is 60.0 cm³/mol. The first kappa shape index (κ1) is 13.7. The van der Waals surface area contributed by atoms with Crippen LogP contribution in [-0.4, -0.2) is 24.1 Å². The molecule has 0 spiro atoms. The molecule has 0 bridgehead atoms. The molecule has 0 unspecified atom stereocenters. The number of carbonyl (C=O) groups is 1. The highest BCUT2D eigenvalue weighted by Crippen LogP contribution is 2.06. The van der Waals surface area contributed by atoms with Gasteiger partial charge in [-0.25, -0.2) is 4.79 Å². The molecule has 0 aliphatic carbocycles. The maximum atomic E-state index is 11.2. The largest absolute Gasteiger partial charge is 0.444 e. The molecule has 0 aromatic carbocycles. The third-order valence-electron chi connectivity index (χ3n) is 1.54. The second-order valence-electron chi connectivity index (χ2n) is 4.41. The van der Waals surface area contributed by atoms with Gasteiger partial charge < -0.3 is 15.8 Å². The second-order valence-corrected chi connectivity index (χ2v) is 4.41. The van der Waals surface area contributed by atoms with E-state index in [2.05, 4.69) is 5.32 Å². The fourth-order valence-corrected chi connectivity index (χ4v) is 0.945. The number of amides is 1. The van der Waals surface area contributed by atoms with Crippen molar-refractivity contribution < 1.29 is 9.53 Å². The summed E-state index contributed by atoms with van der Waals surface area (Å²) in [5, 5.41) is 9.64. The van der Waals surface area contributed by atoms with Crippen LogP contribution in [0, 0.1) is 5.41 Å². The van der Waals surface area contributed by atoms with E-state index in [1.54, 1.807) is 0 Å². The summed E-state index contributed by atoms with van der Waals surface area (Å²) >= 11 is 0. The van der Waals surface area contributed by atoms with Gasteiger partial charge in [-0.05, 0) is 33.6 Å². The van der Waals surface area contributed by atoms with Crippen LogP contribution >= 0.6 is 0 Å². The lowest BCUT2D eigenvalue weighted by atomic mass is 10.2. The molecule has 0 fully saturated rings. The Balaban J connectivity index is 3.44. The molecular formula is C10H21N3O2. The first-order valence-electron chi connectivity index (χ1n) is 5.11. The molecule has 1 amide bonds. The van der Waals surface area contributed by atoms with Crippen molar-refractivity contribution in [2.45, 2.75) is 45.6 Å². The van der Waals surface area contributed by atoms with Gasteiger partial charge >= 0.3 is 6.09 Å². The van der Waals surface area contributed by atoms with Crippen molar-refractivity contribution in [2.24, 2.45) is 5.73 Å². The fourth-order valence-electron chi connectivity index (χ4n) is 0.945. The second kappa shape index (κ2) is 6.27. The van der Waals surface area contributed by atoms with Crippen LogP contribution in [0.2, 0.25) is 0 Å². The van der Waals surface area contributed by atoms with Crippen LogP contribution in [0.3, 0.4) is 0 Å². The number of carbonyl (C=O) groups excluding carboxylic acids is 1. The molecule has 0 heterocycles. The summed E-state index contributed by atoms with van der Waals surface area (Å²) < 4.78 is 5.05. The van der Waals surface area contributed by atoms with Gasteiger partial charge in [-0.2, -0.15) is 0 Å². The molecule has 5 heteroatoms. The molecule has 0 aromatic heterocycles. The van der Waals surface area contributed by atoms with Crippen LogP contribution in [0.4, 0.5) is 4.79 Å². The Kier molecular flexibility index (Phi) is 5.74. The molecule has 0 saturated carbocycles. The van der Waals surface area contributed by atoms with Crippen molar-refractivity contribution in [2.75, 3.05) is 6.54 Å². The molecule has 0 radical (unpaired) electrons. The van der Waals surface area contributed by atoms with Crippen molar-refractivity contribution in [3.05, 3.63) is 0 Å². The van der Waals surface area contributed by atoms with Gasteiger partial charge in [-0.15, -0.1) is 0 Å². The van der Waals surface area contributed by atoms with Crippen LogP contribution < -0.4 is 11.1 Å². The Morgan fingerprint density at radius 1 is 1.40 bits per heavy atom. The molecule has 15 heavy (non-hydrogen) atoms. The van der Waals surface area contributed by atoms with Gasteiger partial charge in [-0.3, -0.25) is 5.41 Å². The number of hydrogen-bond donors (Lipinski definition) is 3. The standard InChI is InChI=1S/C10H21N3O2/c1-10(2,3)15-9(14)13-7-5-4-6-8(11)12/h4-7H2,1-3H3,(H3,11,12)(H,13,14). The topological polar surface area (TPSA) is 88.2 Å². The van der Waals surface area contributed by atoms with Crippen molar-refractivity contribution in [3.63, 3.8) is 0 Å². The van der Waals surface area contributed by atoms with Gasteiger partial charge in [-0.1, -0.05) is 0 Å². The lowest BCUT2D eigenvalue weighted by molar-refractivity contribution is 0.0527. The number of ether oxygens (including phenoxy) is 1. The van der Waals surface area contributed by atoms with Gasteiger partial charge in [0, 0.05) is 13.0 Å². The highest BCUT2D eigenvalue weighted by atomic mass is 16.6. The summed E-state index contributed by atoms with van der Waals surface area (Å²) in [5.41, 5.74) is 4.73. The van der Waals surface area contributed by atoms with E-state index >= 15 is 0 Å². The number of unbranched alkanes of at least 4 members (excludes halogenated alkanes) is 1. The fraction of sp³-hybridized carbons (Fsp3) is 0.800. The lowest BCUT2D eigenvalue weighted by Gasteiger charge is -2.19. The molecule has 0 aromatic rings.